The lowest BCUT2D eigenvalue weighted by molar-refractivity contribution is -0.129. The van der Waals surface area contributed by atoms with Gasteiger partial charge in [-0.2, -0.15) is 5.10 Å². The Balaban J connectivity index is 1.78. The van der Waals surface area contributed by atoms with Gasteiger partial charge < -0.3 is 9.88 Å². The Morgan fingerprint density at radius 2 is 2.00 bits per heavy atom. The minimum Gasteiger partial charge on any atom is -0.358 e. The molecule has 3 rings (SSSR count). The van der Waals surface area contributed by atoms with Crippen LogP contribution in [0, 0.1) is 20.8 Å². The number of hydrogen-bond donors (Lipinski definition) is 1. The van der Waals surface area contributed by atoms with Crippen molar-refractivity contribution in [3.05, 3.63) is 53.0 Å². The predicted molar refractivity (Wildman–Crippen MR) is 96.1 cm³/mol. The molecule has 0 radical (unpaired) electrons. The van der Waals surface area contributed by atoms with Gasteiger partial charge in [0.05, 0.1) is 13.0 Å². The monoisotopic (exact) mass is 324 g/mol. The lowest BCUT2D eigenvalue weighted by atomic mass is 10.0. The van der Waals surface area contributed by atoms with Crippen LogP contribution in [0.2, 0.25) is 0 Å². The topological polar surface area (TPSA) is 53.9 Å². The van der Waals surface area contributed by atoms with Crippen LogP contribution in [0.15, 0.2) is 30.6 Å². The standard InChI is InChI=1S/C19H24N4O/c1-13-6-7-14(2)19-18(13)16(15(3)21-19)12-17(24)22(4)10-11-23-9-5-8-20-23/h5-9,21H,10-12H2,1-4H3. The van der Waals surface area contributed by atoms with Gasteiger partial charge in [-0.15, -0.1) is 0 Å². The molecule has 2 aromatic heterocycles. The molecule has 2 heterocycles. The summed E-state index contributed by atoms with van der Waals surface area (Å²) in [7, 11) is 1.86. The van der Waals surface area contributed by atoms with E-state index in [1.54, 1.807) is 11.1 Å². The van der Waals surface area contributed by atoms with Gasteiger partial charge in [0, 0.05) is 42.6 Å². The van der Waals surface area contributed by atoms with Crippen LogP contribution in [0.5, 0.6) is 0 Å². The van der Waals surface area contributed by atoms with E-state index in [1.165, 1.54) is 16.5 Å². The van der Waals surface area contributed by atoms with Crippen molar-refractivity contribution in [3.63, 3.8) is 0 Å². The number of aromatic nitrogens is 3. The largest absolute Gasteiger partial charge is 0.358 e. The van der Waals surface area contributed by atoms with E-state index in [0.29, 0.717) is 19.5 Å². The number of amides is 1. The molecule has 3 aromatic rings. The lowest BCUT2D eigenvalue weighted by Gasteiger charge is -2.17. The molecule has 24 heavy (non-hydrogen) atoms. The number of hydrogen-bond acceptors (Lipinski definition) is 2. The number of carbonyl (C=O) groups is 1. The number of nitrogens with zero attached hydrogens (tertiary/aromatic N) is 3. The van der Waals surface area contributed by atoms with Crippen LogP contribution < -0.4 is 0 Å². The average Bonchev–Trinajstić information content (AvgIpc) is 3.18. The molecule has 0 unspecified atom stereocenters. The zero-order chi connectivity index (χ0) is 17.3. The van der Waals surface area contributed by atoms with Crippen molar-refractivity contribution in [2.24, 2.45) is 0 Å². The SMILES string of the molecule is Cc1[nH]c2c(C)ccc(C)c2c1CC(=O)N(C)CCn1cccn1. The number of rotatable bonds is 5. The second-order valence-electron chi connectivity index (χ2n) is 6.44. The van der Waals surface area contributed by atoms with Crippen molar-refractivity contribution in [1.82, 2.24) is 19.7 Å². The van der Waals surface area contributed by atoms with Gasteiger partial charge in [-0.3, -0.25) is 9.48 Å². The van der Waals surface area contributed by atoms with Crippen LogP contribution in [0.4, 0.5) is 0 Å². The molecule has 0 fully saturated rings. The summed E-state index contributed by atoms with van der Waals surface area (Å²) < 4.78 is 1.84. The summed E-state index contributed by atoms with van der Waals surface area (Å²) in [5, 5.41) is 5.37. The maximum atomic E-state index is 12.6. The highest BCUT2D eigenvalue weighted by molar-refractivity contribution is 5.93. The molecule has 0 spiro atoms. The fourth-order valence-corrected chi connectivity index (χ4v) is 3.13. The maximum absolute atomic E-state index is 12.6. The van der Waals surface area contributed by atoms with Crippen LogP contribution >= 0.6 is 0 Å². The molecule has 0 bridgehead atoms. The summed E-state index contributed by atoms with van der Waals surface area (Å²) in [4.78, 5) is 17.9. The Morgan fingerprint density at radius 3 is 2.71 bits per heavy atom. The first-order valence-electron chi connectivity index (χ1n) is 8.26. The highest BCUT2D eigenvalue weighted by atomic mass is 16.2. The molecule has 1 aromatic carbocycles. The summed E-state index contributed by atoms with van der Waals surface area (Å²) in [5.74, 6) is 0.132. The average molecular weight is 324 g/mol. The Labute approximate surface area is 142 Å². The van der Waals surface area contributed by atoms with Crippen molar-refractivity contribution in [3.8, 4) is 0 Å². The van der Waals surface area contributed by atoms with Crippen molar-refractivity contribution in [1.29, 1.82) is 0 Å². The van der Waals surface area contributed by atoms with Crippen LogP contribution in [0.25, 0.3) is 10.9 Å². The minimum atomic E-state index is 0.132. The van der Waals surface area contributed by atoms with Gasteiger partial charge in [0.2, 0.25) is 5.91 Å². The van der Waals surface area contributed by atoms with Crippen LogP contribution in [-0.2, 0) is 17.8 Å². The smallest absolute Gasteiger partial charge is 0.226 e. The normalized spacial score (nSPS) is 11.2. The summed E-state index contributed by atoms with van der Waals surface area (Å²) in [5.41, 5.74) is 5.76. The van der Waals surface area contributed by atoms with Crippen LogP contribution in [0.3, 0.4) is 0 Å². The second-order valence-corrected chi connectivity index (χ2v) is 6.44. The fraction of sp³-hybridized carbons (Fsp3) is 0.368. The molecule has 1 N–H and O–H groups in total. The number of nitrogens with one attached hydrogen (secondary N) is 1. The van der Waals surface area contributed by atoms with E-state index in [-0.39, 0.29) is 5.91 Å². The number of aryl methyl sites for hydroxylation is 3. The number of likely N-dealkylation sites (N-methyl/N-ethyl adjacent to an activating group) is 1. The molecule has 5 nitrogen and oxygen atoms in total. The molecule has 0 saturated carbocycles. The molecule has 1 amide bonds. The molecule has 5 heteroatoms. The third-order valence-electron chi connectivity index (χ3n) is 4.67. The number of aromatic amines is 1. The van der Waals surface area contributed by atoms with Gasteiger partial charge in [0.25, 0.3) is 0 Å². The highest BCUT2D eigenvalue weighted by Gasteiger charge is 2.17. The Bertz CT molecular complexity index is 861. The maximum Gasteiger partial charge on any atom is 0.226 e. The van der Waals surface area contributed by atoms with E-state index in [0.717, 1.165) is 16.8 Å². The first-order chi connectivity index (χ1) is 11.5. The summed E-state index contributed by atoms with van der Waals surface area (Å²) >= 11 is 0. The quantitative estimate of drug-likeness (QED) is 0.784. The molecule has 0 aliphatic rings. The van der Waals surface area contributed by atoms with E-state index in [9.17, 15) is 4.79 Å². The summed E-state index contributed by atoms with van der Waals surface area (Å²) in [6, 6.07) is 6.14. The number of benzene rings is 1. The van der Waals surface area contributed by atoms with Gasteiger partial charge in [-0.1, -0.05) is 12.1 Å². The number of H-pyrrole nitrogens is 1. The first-order valence-corrected chi connectivity index (χ1v) is 8.26. The molecule has 0 aliphatic heterocycles. The Kier molecular flexibility index (Phi) is 4.42. The van der Waals surface area contributed by atoms with Gasteiger partial charge in [0.15, 0.2) is 0 Å². The van der Waals surface area contributed by atoms with Crippen LogP contribution in [-0.4, -0.2) is 39.2 Å². The molecule has 126 valence electrons. The zero-order valence-electron chi connectivity index (χ0n) is 14.8. The zero-order valence-corrected chi connectivity index (χ0v) is 14.8. The van der Waals surface area contributed by atoms with Gasteiger partial charge in [0.1, 0.15) is 0 Å². The van der Waals surface area contributed by atoms with E-state index in [4.69, 9.17) is 0 Å². The lowest BCUT2D eigenvalue weighted by Crippen LogP contribution is -2.31. The minimum absolute atomic E-state index is 0.132. The molecule has 0 atom stereocenters. The first kappa shape index (κ1) is 16.3. The Morgan fingerprint density at radius 1 is 1.25 bits per heavy atom. The molecular weight excluding hydrogens is 300 g/mol. The van der Waals surface area contributed by atoms with Crippen molar-refractivity contribution in [2.75, 3.05) is 13.6 Å². The molecule has 0 aliphatic carbocycles. The molecule has 0 saturated heterocycles. The number of carbonyl (C=O) groups excluding carboxylic acids is 1. The molecular formula is C19H24N4O. The second kappa shape index (κ2) is 6.51. The van der Waals surface area contributed by atoms with E-state index in [2.05, 4.69) is 36.1 Å². The Hall–Kier alpha value is -2.56. The van der Waals surface area contributed by atoms with E-state index < -0.39 is 0 Å². The van der Waals surface area contributed by atoms with Crippen molar-refractivity contribution >= 4 is 16.8 Å². The highest BCUT2D eigenvalue weighted by Crippen LogP contribution is 2.28. The number of fused-ring (bicyclic) bond motifs is 1. The predicted octanol–water partition coefficient (Wildman–Crippen LogP) is 2.99. The van der Waals surface area contributed by atoms with Crippen molar-refractivity contribution in [2.45, 2.75) is 33.7 Å². The fourth-order valence-electron chi connectivity index (χ4n) is 3.13. The third-order valence-corrected chi connectivity index (χ3v) is 4.67. The van der Waals surface area contributed by atoms with Crippen molar-refractivity contribution < 1.29 is 4.79 Å². The van der Waals surface area contributed by atoms with Crippen LogP contribution in [0.1, 0.15) is 22.4 Å². The van der Waals surface area contributed by atoms with Gasteiger partial charge in [-0.25, -0.2) is 0 Å². The summed E-state index contributed by atoms with van der Waals surface area (Å²) in [6.07, 6.45) is 4.09. The van der Waals surface area contributed by atoms with E-state index in [1.807, 2.05) is 30.9 Å². The van der Waals surface area contributed by atoms with Gasteiger partial charge in [-0.05, 0) is 43.5 Å². The summed E-state index contributed by atoms with van der Waals surface area (Å²) in [6.45, 7) is 7.61. The third kappa shape index (κ3) is 3.07. The van der Waals surface area contributed by atoms with Gasteiger partial charge >= 0.3 is 0 Å². The van der Waals surface area contributed by atoms with E-state index >= 15 is 0 Å².